The van der Waals surface area contributed by atoms with E-state index in [1.165, 1.54) is 18.2 Å². The SMILES string of the molecule is CCCCCCC(=O)N1CC(=O)N(c2cc(Cl)cc(Cl)c2)C1=O. The van der Waals surface area contributed by atoms with Gasteiger partial charge >= 0.3 is 6.03 Å². The molecule has 23 heavy (non-hydrogen) atoms. The number of amides is 4. The van der Waals surface area contributed by atoms with Crippen molar-refractivity contribution in [3.05, 3.63) is 28.2 Å². The summed E-state index contributed by atoms with van der Waals surface area (Å²) in [6.07, 6.45) is 4.04. The van der Waals surface area contributed by atoms with Crippen LogP contribution in [0.5, 0.6) is 0 Å². The summed E-state index contributed by atoms with van der Waals surface area (Å²) in [7, 11) is 0. The number of hydrogen-bond acceptors (Lipinski definition) is 3. The number of rotatable bonds is 6. The molecule has 0 saturated carbocycles. The van der Waals surface area contributed by atoms with E-state index >= 15 is 0 Å². The van der Waals surface area contributed by atoms with E-state index < -0.39 is 11.9 Å². The van der Waals surface area contributed by atoms with Gasteiger partial charge in [-0.2, -0.15) is 0 Å². The molecule has 0 radical (unpaired) electrons. The first-order valence-electron chi connectivity index (χ1n) is 7.57. The van der Waals surface area contributed by atoms with Crippen molar-refractivity contribution in [1.82, 2.24) is 4.90 Å². The molecule has 1 aromatic rings. The average Bonchev–Trinajstić information content (AvgIpc) is 2.77. The molecule has 1 heterocycles. The number of benzene rings is 1. The lowest BCUT2D eigenvalue weighted by Gasteiger charge is -2.16. The Balaban J connectivity index is 2.09. The molecule has 1 aliphatic heterocycles. The van der Waals surface area contributed by atoms with Crippen LogP contribution in [0.1, 0.15) is 39.0 Å². The van der Waals surface area contributed by atoms with Crippen LogP contribution in [-0.2, 0) is 9.59 Å². The number of halogens is 2. The van der Waals surface area contributed by atoms with E-state index in [4.69, 9.17) is 23.2 Å². The zero-order valence-electron chi connectivity index (χ0n) is 12.8. The third-order valence-corrected chi connectivity index (χ3v) is 4.05. The highest BCUT2D eigenvalue weighted by molar-refractivity contribution is 6.35. The molecule has 0 spiro atoms. The smallest absolute Gasteiger partial charge is 0.274 e. The van der Waals surface area contributed by atoms with Crippen LogP contribution in [0.4, 0.5) is 10.5 Å². The second-order valence-corrected chi connectivity index (χ2v) is 6.30. The van der Waals surface area contributed by atoms with E-state index in [1.807, 2.05) is 0 Å². The van der Waals surface area contributed by atoms with Gasteiger partial charge < -0.3 is 0 Å². The van der Waals surface area contributed by atoms with Crippen molar-refractivity contribution >= 4 is 46.7 Å². The first kappa shape index (κ1) is 17.8. The summed E-state index contributed by atoms with van der Waals surface area (Å²) < 4.78 is 0. The Hall–Kier alpha value is -1.59. The lowest BCUT2D eigenvalue weighted by atomic mass is 10.1. The Kier molecular flexibility index (Phi) is 6.02. The minimum atomic E-state index is -0.645. The fraction of sp³-hybridized carbons (Fsp3) is 0.438. The maximum atomic E-state index is 12.4. The van der Waals surface area contributed by atoms with Crippen molar-refractivity contribution in [2.24, 2.45) is 0 Å². The Morgan fingerprint density at radius 1 is 1.09 bits per heavy atom. The summed E-state index contributed by atoms with van der Waals surface area (Å²) in [5, 5.41) is 0.634. The molecule has 1 saturated heterocycles. The van der Waals surface area contributed by atoms with Gasteiger partial charge in [-0.3, -0.25) is 14.5 Å². The Labute approximate surface area is 145 Å². The monoisotopic (exact) mass is 356 g/mol. The molecule has 0 atom stereocenters. The maximum absolute atomic E-state index is 12.4. The first-order valence-corrected chi connectivity index (χ1v) is 8.33. The molecule has 7 heteroatoms. The molecule has 1 aromatic carbocycles. The van der Waals surface area contributed by atoms with Crippen LogP contribution < -0.4 is 4.90 Å². The minimum Gasteiger partial charge on any atom is -0.274 e. The standard InChI is InChI=1S/C16H18Cl2N2O3/c1-2-3-4-5-6-14(21)19-10-15(22)20(16(19)23)13-8-11(17)7-12(18)9-13/h7-9H,2-6,10H2,1H3. The van der Waals surface area contributed by atoms with E-state index in [-0.39, 0.29) is 24.6 Å². The summed E-state index contributed by atoms with van der Waals surface area (Å²) in [6.45, 7) is 1.84. The molecule has 0 unspecified atom stereocenters. The van der Waals surface area contributed by atoms with Crippen molar-refractivity contribution in [2.75, 3.05) is 11.4 Å². The number of unbranched alkanes of at least 4 members (excludes halogenated alkanes) is 3. The fourth-order valence-electron chi connectivity index (χ4n) is 2.46. The van der Waals surface area contributed by atoms with E-state index in [0.29, 0.717) is 16.5 Å². The topological polar surface area (TPSA) is 57.7 Å². The van der Waals surface area contributed by atoms with Crippen LogP contribution in [-0.4, -0.2) is 29.3 Å². The number of imide groups is 2. The van der Waals surface area contributed by atoms with Gasteiger partial charge in [-0.05, 0) is 24.6 Å². The van der Waals surface area contributed by atoms with E-state index in [2.05, 4.69) is 6.92 Å². The van der Waals surface area contributed by atoms with Crippen molar-refractivity contribution in [2.45, 2.75) is 39.0 Å². The van der Waals surface area contributed by atoms with E-state index in [0.717, 1.165) is 29.1 Å². The van der Waals surface area contributed by atoms with Gasteiger partial charge in [0.1, 0.15) is 6.54 Å². The Morgan fingerprint density at radius 2 is 1.74 bits per heavy atom. The first-order chi connectivity index (χ1) is 10.9. The summed E-state index contributed by atoms with van der Waals surface area (Å²) in [6, 6.07) is 3.81. The molecule has 1 aliphatic rings. The lowest BCUT2D eigenvalue weighted by molar-refractivity contribution is -0.130. The molecule has 5 nitrogen and oxygen atoms in total. The molecule has 0 N–H and O–H groups in total. The van der Waals surface area contributed by atoms with E-state index in [9.17, 15) is 14.4 Å². The molecule has 0 bridgehead atoms. The number of nitrogens with zero attached hydrogens (tertiary/aromatic N) is 2. The number of carbonyl (C=O) groups excluding carboxylic acids is 3. The van der Waals surface area contributed by atoms with Gasteiger partial charge in [-0.25, -0.2) is 9.69 Å². The molecular formula is C16H18Cl2N2O3. The quantitative estimate of drug-likeness (QED) is 0.565. The van der Waals surface area contributed by atoms with Crippen LogP contribution in [0.15, 0.2) is 18.2 Å². The summed E-state index contributed by atoms with van der Waals surface area (Å²) in [5.41, 5.74) is 0.277. The van der Waals surface area contributed by atoms with Crippen molar-refractivity contribution in [3.8, 4) is 0 Å². The van der Waals surface area contributed by atoms with Gasteiger partial charge in [0.2, 0.25) is 5.91 Å². The van der Waals surface area contributed by atoms with Crippen molar-refractivity contribution < 1.29 is 14.4 Å². The van der Waals surface area contributed by atoms with Gasteiger partial charge in [0.05, 0.1) is 5.69 Å². The normalized spacial score (nSPS) is 14.7. The molecule has 2 rings (SSSR count). The van der Waals surface area contributed by atoms with Gasteiger partial charge in [0, 0.05) is 16.5 Å². The van der Waals surface area contributed by atoms with E-state index in [1.54, 1.807) is 0 Å². The van der Waals surface area contributed by atoms with Gasteiger partial charge in [-0.15, -0.1) is 0 Å². The fourth-order valence-corrected chi connectivity index (χ4v) is 2.97. The number of anilines is 1. The average molecular weight is 357 g/mol. The molecule has 1 fully saturated rings. The lowest BCUT2D eigenvalue weighted by Crippen LogP contribution is -2.36. The molecule has 0 aliphatic carbocycles. The predicted molar refractivity (Wildman–Crippen MR) is 89.8 cm³/mol. The van der Waals surface area contributed by atoms with Crippen LogP contribution >= 0.6 is 23.2 Å². The summed E-state index contributed by atoms with van der Waals surface area (Å²) in [4.78, 5) is 38.6. The van der Waals surface area contributed by atoms with Crippen LogP contribution in [0.3, 0.4) is 0 Å². The van der Waals surface area contributed by atoms with Gasteiger partial charge in [0.25, 0.3) is 5.91 Å². The summed E-state index contributed by atoms with van der Waals surface area (Å²) in [5.74, 6) is -0.787. The number of carbonyl (C=O) groups is 3. The van der Waals surface area contributed by atoms with Crippen LogP contribution in [0.2, 0.25) is 10.0 Å². The molecular weight excluding hydrogens is 339 g/mol. The number of urea groups is 1. The van der Waals surface area contributed by atoms with Crippen LogP contribution in [0, 0.1) is 0 Å². The minimum absolute atomic E-state index is 0.240. The highest BCUT2D eigenvalue weighted by Gasteiger charge is 2.40. The second-order valence-electron chi connectivity index (χ2n) is 5.43. The highest BCUT2D eigenvalue weighted by Crippen LogP contribution is 2.28. The van der Waals surface area contributed by atoms with Gasteiger partial charge in [-0.1, -0.05) is 49.4 Å². The molecule has 124 valence electrons. The van der Waals surface area contributed by atoms with Gasteiger partial charge in [0.15, 0.2) is 0 Å². The zero-order chi connectivity index (χ0) is 17.0. The largest absolute Gasteiger partial charge is 0.338 e. The second kappa shape index (κ2) is 7.79. The zero-order valence-corrected chi connectivity index (χ0v) is 14.4. The third-order valence-electron chi connectivity index (χ3n) is 3.62. The van der Waals surface area contributed by atoms with Crippen LogP contribution in [0.25, 0.3) is 0 Å². The molecule has 0 aromatic heterocycles. The Morgan fingerprint density at radius 3 is 2.35 bits per heavy atom. The Bertz CT molecular complexity index is 614. The maximum Gasteiger partial charge on any atom is 0.338 e. The van der Waals surface area contributed by atoms with Crippen molar-refractivity contribution in [3.63, 3.8) is 0 Å². The number of hydrogen-bond donors (Lipinski definition) is 0. The van der Waals surface area contributed by atoms with Crippen molar-refractivity contribution in [1.29, 1.82) is 0 Å². The predicted octanol–water partition coefficient (Wildman–Crippen LogP) is 4.26. The summed E-state index contributed by atoms with van der Waals surface area (Å²) >= 11 is 11.8. The molecule has 4 amide bonds. The highest BCUT2D eigenvalue weighted by atomic mass is 35.5. The third kappa shape index (κ3) is 4.24.